The second-order valence-corrected chi connectivity index (χ2v) is 4.09. The van der Waals surface area contributed by atoms with Crippen molar-refractivity contribution in [3.8, 4) is 0 Å². The van der Waals surface area contributed by atoms with Gasteiger partial charge in [0, 0.05) is 11.8 Å². The number of rotatable bonds is 2. The molecule has 2 heterocycles. The largest absolute Gasteiger partial charge is 0.394 e. The van der Waals surface area contributed by atoms with Gasteiger partial charge in [-0.1, -0.05) is 0 Å². The highest BCUT2D eigenvalue weighted by molar-refractivity contribution is 5.04. The predicted molar refractivity (Wildman–Crippen MR) is 57.9 cm³/mol. The number of hydrogen-bond donors (Lipinski definition) is 3. The summed E-state index contributed by atoms with van der Waals surface area (Å²) < 4.78 is 6.36. The van der Waals surface area contributed by atoms with Crippen LogP contribution in [-0.2, 0) is 4.74 Å². The number of nitrogens with zero attached hydrogens (tertiary/aromatic N) is 1. The van der Waals surface area contributed by atoms with Crippen LogP contribution in [0.2, 0.25) is 0 Å². The Hall–Kier alpha value is -1.44. The van der Waals surface area contributed by atoms with Crippen LogP contribution in [0.1, 0.15) is 11.6 Å². The molecule has 0 bridgehead atoms. The van der Waals surface area contributed by atoms with Gasteiger partial charge in [-0.25, -0.2) is 4.79 Å². The average Bonchev–Trinajstić information content (AvgIpc) is 2.65. The van der Waals surface area contributed by atoms with Crippen molar-refractivity contribution in [2.45, 2.75) is 25.2 Å². The lowest BCUT2D eigenvalue weighted by Gasteiger charge is -2.21. The van der Waals surface area contributed by atoms with Crippen LogP contribution in [0.4, 0.5) is 0 Å². The molecule has 0 spiro atoms. The van der Waals surface area contributed by atoms with Crippen LogP contribution < -0.4 is 11.2 Å². The highest BCUT2D eigenvalue weighted by Gasteiger charge is 2.37. The van der Waals surface area contributed by atoms with E-state index in [0.717, 1.165) is 0 Å². The standard InChI is InChI=1S/C10H14N2O5/c1-5-2-12(10(16)11-9(5)15)8-6(14)4-17-7(8)3-13/h2,6-8,13-14H,3-4H2,1H3,(H,11,15,16). The fourth-order valence-corrected chi connectivity index (χ4v) is 2.00. The van der Waals surface area contributed by atoms with Crippen LogP contribution >= 0.6 is 0 Å². The summed E-state index contributed by atoms with van der Waals surface area (Å²) in [6.07, 6.45) is -0.157. The van der Waals surface area contributed by atoms with Crippen molar-refractivity contribution in [1.29, 1.82) is 0 Å². The molecule has 3 atom stereocenters. The predicted octanol–water partition coefficient (Wildman–Crippen LogP) is -1.86. The molecule has 1 saturated heterocycles. The smallest absolute Gasteiger partial charge is 0.328 e. The monoisotopic (exact) mass is 242 g/mol. The highest BCUT2D eigenvalue weighted by atomic mass is 16.5. The zero-order chi connectivity index (χ0) is 12.6. The minimum absolute atomic E-state index is 0.0561. The SMILES string of the molecule is Cc1cn(C2C(O)COC2CO)c(=O)[nH]c1=O. The van der Waals surface area contributed by atoms with E-state index in [1.807, 2.05) is 0 Å². The van der Waals surface area contributed by atoms with Gasteiger partial charge in [0.15, 0.2) is 0 Å². The van der Waals surface area contributed by atoms with E-state index in [9.17, 15) is 14.7 Å². The van der Waals surface area contributed by atoms with E-state index in [4.69, 9.17) is 9.84 Å². The van der Waals surface area contributed by atoms with Gasteiger partial charge in [-0.2, -0.15) is 0 Å². The first-order chi connectivity index (χ1) is 8.04. The number of aryl methyl sites for hydroxylation is 1. The van der Waals surface area contributed by atoms with Gasteiger partial charge in [-0.15, -0.1) is 0 Å². The number of aromatic amines is 1. The summed E-state index contributed by atoms with van der Waals surface area (Å²) in [5.74, 6) is 0. The van der Waals surface area contributed by atoms with E-state index >= 15 is 0 Å². The molecule has 0 saturated carbocycles. The minimum Gasteiger partial charge on any atom is -0.394 e. The summed E-state index contributed by atoms with van der Waals surface area (Å²) in [4.78, 5) is 25.0. The molecule has 0 aliphatic carbocycles. The van der Waals surface area contributed by atoms with Crippen molar-refractivity contribution in [2.75, 3.05) is 13.2 Å². The molecular weight excluding hydrogens is 228 g/mol. The van der Waals surface area contributed by atoms with Gasteiger partial charge in [-0.3, -0.25) is 14.3 Å². The zero-order valence-electron chi connectivity index (χ0n) is 9.29. The molecule has 1 fully saturated rings. The number of aromatic nitrogens is 2. The molecule has 0 amide bonds. The molecule has 1 aromatic heterocycles. The third kappa shape index (κ3) is 2.04. The summed E-state index contributed by atoms with van der Waals surface area (Å²) in [6, 6.07) is -0.678. The van der Waals surface area contributed by atoms with Gasteiger partial charge in [0.25, 0.3) is 5.56 Å². The van der Waals surface area contributed by atoms with E-state index in [0.29, 0.717) is 5.56 Å². The fourth-order valence-electron chi connectivity index (χ4n) is 2.00. The van der Waals surface area contributed by atoms with Gasteiger partial charge in [-0.05, 0) is 6.92 Å². The quantitative estimate of drug-likeness (QED) is 0.564. The second-order valence-electron chi connectivity index (χ2n) is 4.09. The number of hydrogen-bond acceptors (Lipinski definition) is 5. The molecule has 1 aliphatic heterocycles. The maximum atomic E-state index is 11.6. The normalized spacial score (nSPS) is 28.5. The molecule has 94 valence electrons. The van der Waals surface area contributed by atoms with Crippen molar-refractivity contribution in [2.24, 2.45) is 0 Å². The molecule has 1 aromatic rings. The van der Waals surface area contributed by atoms with Crippen molar-refractivity contribution in [3.05, 3.63) is 32.6 Å². The van der Waals surface area contributed by atoms with Crippen LogP contribution in [0.3, 0.4) is 0 Å². The molecule has 0 aromatic carbocycles. The average molecular weight is 242 g/mol. The van der Waals surface area contributed by atoms with E-state index in [1.165, 1.54) is 10.8 Å². The maximum absolute atomic E-state index is 11.6. The Morgan fingerprint density at radius 3 is 2.94 bits per heavy atom. The van der Waals surface area contributed by atoms with E-state index < -0.39 is 29.5 Å². The number of nitrogens with one attached hydrogen (secondary N) is 1. The van der Waals surface area contributed by atoms with Crippen LogP contribution in [0.25, 0.3) is 0 Å². The lowest BCUT2D eigenvalue weighted by atomic mass is 10.1. The third-order valence-electron chi connectivity index (χ3n) is 2.90. The fraction of sp³-hybridized carbons (Fsp3) is 0.600. The summed E-state index contributed by atoms with van der Waals surface area (Å²) in [7, 11) is 0. The molecule has 3 N–H and O–H groups in total. The van der Waals surface area contributed by atoms with Gasteiger partial charge in [0.2, 0.25) is 0 Å². The van der Waals surface area contributed by atoms with Crippen molar-refractivity contribution in [1.82, 2.24) is 9.55 Å². The third-order valence-corrected chi connectivity index (χ3v) is 2.90. The Labute approximate surface area is 96.3 Å². The lowest BCUT2D eigenvalue weighted by Crippen LogP contribution is -2.40. The number of aliphatic hydroxyl groups excluding tert-OH is 2. The minimum atomic E-state index is -0.879. The van der Waals surface area contributed by atoms with Gasteiger partial charge in [0.05, 0.1) is 19.3 Å². The Balaban J connectivity index is 2.49. The summed E-state index contributed by atoms with van der Waals surface area (Å²) in [5.41, 5.74) is -0.714. The van der Waals surface area contributed by atoms with Gasteiger partial charge in [0.1, 0.15) is 12.2 Å². The van der Waals surface area contributed by atoms with E-state index in [2.05, 4.69) is 4.98 Å². The number of ether oxygens (including phenoxy) is 1. The van der Waals surface area contributed by atoms with Crippen molar-refractivity contribution in [3.63, 3.8) is 0 Å². The zero-order valence-corrected chi connectivity index (χ0v) is 9.29. The van der Waals surface area contributed by atoms with Crippen LogP contribution in [0, 0.1) is 6.92 Å². The first kappa shape index (κ1) is 12.0. The lowest BCUT2D eigenvalue weighted by molar-refractivity contribution is 0.0407. The molecule has 7 nitrogen and oxygen atoms in total. The molecule has 17 heavy (non-hydrogen) atoms. The van der Waals surface area contributed by atoms with E-state index in [1.54, 1.807) is 6.92 Å². The Morgan fingerprint density at radius 2 is 2.29 bits per heavy atom. The van der Waals surface area contributed by atoms with Crippen LogP contribution in [-0.4, -0.2) is 45.2 Å². The first-order valence-corrected chi connectivity index (χ1v) is 5.27. The molecular formula is C10H14N2O5. The second kappa shape index (κ2) is 4.44. The molecule has 2 rings (SSSR count). The van der Waals surface area contributed by atoms with E-state index in [-0.39, 0.29) is 13.2 Å². The van der Waals surface area contributed by atoms with Gasteiger partial charge < -0.3 is 14.9 Å². The topological polar surface area (TPSA) is 105 Å². The Morgan fingerprint density at radius 1 is 1.59 bits per heavy atom. The highest BCUT2D eigenvalue weighted by Crippen LogP contribution is 2.24. The summed E-state index contributed by atoms with van der Waals surface area (Å²) >= 11 is 0. The van der Waals surface area contributed by atoms with Gasteiger partial charge >= 0.3 is 5.69 Å². The molecule has 1 aliphatic rings. The van der Waals surface area contributed by atoms with Crippen LogP contribution in [0.5, 0.6) is 0 Å². The Kier molecular flexibility index (Phi) is 3.14. The van der Waals surface area contributed by atoms with Crippen LogP contribution in [0.15, 0.2) is 15.8 Å². The Bertz CT molecular complexity index is 520. The molecule has 7 heteroatoms. The summed E-state index contributed by atoms with van der Waals surface area (Å²) in [5, 5.41) is 18.8. The summed E-state index contributed by atoms with van der Waals surface area (Å²) in [6.45, 7) is 1.32. The first-order valence-electron chi connectivity index (χ1n) is 5.27. The molecule has 0 radical (unpaired) electrons. The number of aliphatic hydroxyl groups is 2. The van der Waals surface area contributed by atoms with Crippen molar-refractivity contribution >= 4 is 0 Å². The number of H-pyrrole nitrogens is 1. The molecule has 3 unspecified atom stereocenters. The maximum Gasteiger partial charge on any atom is 0.328 e. The van der Waals surface area contributed by atoms with Crippen molar-refractivity contribution < 1.29 is 14.9 Å².